The third-order valence-corrected chi connectivity index (χ3v) is 5.80. The Morgan fingerprint density at radius 1 is 1.15 bits per heavy atom. The quantitative estimate of drug-likeness (QED) is 0.812. The second-order valence-corrected chi connectivity index (χ2v) is 7.66. The van der Waals surface area contributed by atoms with Crippen molar-refractivity contribution in [2.75, 3.05) is 20.1 Å². The fourth-order valence-electron chi connectivity index (χ4n) is 4.17. The molecule has 0 aliphatic carbocycles. The molecule has 0 bridgehead atoms. The maximum Gasteiger partial charge on any atom is 0.233 e. The number of hydrogen-bond acceptors (Lipinski definition) is 6. The van der Waals surface area contributed by atoms with E-state index in [1.807, 2.05) is 16.8 Å². The van der Waals surface area contributed by atoms with Crippen molar-refractivity contribution in [3.63, 3.8) is 0 Å². The van der Waals surface area contributed by atoms with E-state index in [9.17, 15) is 4.79 Å². The van der Waals surface area contributed by atoms with Gasteiger partial charge in [0.05, 0.1) is 5.92 Å². The number of tetrazole rings is 1. The molecule has 1 saturated heterocycles. The lowest BCUT2D eigenvalue weighted by molar-refractivity contribution is -0.137. The fourth-order valence-corrected chi connectivity index (χ4v) is 4.17. The van der Waals surface area contributed by atoms with Crippen LogP contribution in [0.25, 0.3) is 0 Å². The highest BCUT2D eigenvalue weighted by atomic mass is 16.2. The van der Waals surface area contributed by atoms with Crippen molar-refractivity contribution in [1.82, 2.24) is 35.0 Å². The number of aromatic nitrogens is 5. The number of carbonyl (C=O) groups is 1. The summed E-state index contributed by atoms with van der Waals surface area (Å²) in [5, 5.41) is 12.1. The first kappa shape index (κ1) is 18.0. The molecule has 0 N–H and O–H groups in total. The van der Waals surface area contributed by atoms with Crippen LogP contribution in [0.3, 0.4) is 0 Å². The summed E-state index contributed by atoms with van der Waals surface area (Å²) < 4.78 is 1.81. The van der Waals surface area contributed by atoms with Crippen LogP contribution in [-0.2, 0) is 17.9 Å². The van der Waals surface area contributed by atoms with Crippen LogP contribution in [0.2, 0.25) is 0 Å². The van der Waals surface area contributed by atoms with Crippen LogP contribution >= 0.6 is 0 Å². The van der Waals surface area contributed by atoms with E-state index in [0.717, 1.165) is 63.1 Å². The number of rotatable bonds is 4. The van der Waals surface area contributed by atoms with Gasteiger partial charge >= 0.3 is 0 Å². The van der Waals surface area contributed by atoms with Gasteiger partial charge in [-0.15, -0.1) is 5.10 Å². The number of hydrogen-bond donors (Lipinski definition) is 0. The van der Waals surface area contributed by atoms with Gasteiger partial charge in [0.2, 0.25) is 5.91 Å². The lowest BCUT2D eigenvalue weighted by Gasteiger charge is -2.38. The molecule has 8 nitrogen and oxygen atoms in total. The normalized spacial score (nSPS) is 21.4. The average molecular weight is 369 g/mol. The maximum atomic E-state index is 13.7. The van der Waals surface area contributed by atoms with Gasteiger partial charge < -0.3 is 9.80 Å². The van der Waals surface area contributed by atoms with Gasteiger partial charge in [-0.05, 0) is 73.9 Å². The van der Waals surface area contributed by atoms with Gasteiger partial charge in [0, 0.05) is 31.5 Å². The lowest BCUT2D eigenvalue weighted by Crippen LogP contribution is -2.47. The van der Waals surface area contributed by atoms with Crippen molar-refractivity contribution in [2.45, 2.75) is 57.2 Å². The van der Waals surface area contributed by atoms with Crippen molar-refractivity contribution in [3.05, 3.63) is 35.9 Å². The average Bonchev–Trinajstić information content (AvgIpc) is 3.06. The molecule has 0 radical (unpaired) electrons. The van der Waals surface area contributed by atoms with Gasteiger partial charge in [0.1, 0.15) is 0 Å². The highest BCUT2D eigenvalue weighted by Gasteiger charge is 2.35. The van der Waals surface area contributed by atoms with Gasteiger partial charge in [0.25, 0.3) is 0 Å². The van der Waals surface area contributed by atoms with E-state index in [0.29, 0.717) is 6.54 Å². The van der Waals surface area contributed by atoms with E-state index in [4.69, 9.17) is 0 Å². The summed E-state index contributed by atoms with van der Waals surface area (Å²) in [4.78, 5) is 22.2. The number of nitrogens with zero attached hydrogens (tertiary/aromatic N) is 7. The molecule has 1 amide bonds. The number of carbonyl (C=O) groups excluding carboxylic acids is 1. The van der Waals surface area contributed by atoms with E-state index in [-0.39, 0.29) is 17.9 Å². The van der Waals surface area contributed by atoms with Gasteiger partial charge in [-0.25, -0.2) is 4.68 Å². The van der Waals surface area contributed by atoms with Crippen LogP contribution in [-0.4, -0.2) is 67.1 Å². The van der Waals surface area contributed by atoms with E-state index in [1.54, 1.807) is 12.4 Å². The largest absolute Gasteiger partial charge is 0.335 e. The zero-order valence-corrected chi connectivity index (χ0v) is 15.9. The number of piperidine rings is 1. The van der Waals surface area contributed by atoms with Crippen molar-refractivity contribution >= 4 is 5.91 Å². The molecule has 27 heavy (non-hydrogen) atoms. The molecule has 0 unspecified atom stereocenters. The van der Waals surface area contributed by atoms with Crippen molar-refractivity contribution in [2.24, 2.45) is 0 Å². The summed E-state index contributed by atoms with van der Waals surface area (Å²) in [7, 11) is 2.14. The molecular weight excluding hydrogens is 342 g/mol. The van der Waals surface area contributed by atoms with Crippen molar-refractivity contribution in [1.29, 1.82) is 0 Å². The van der Waals surface area contributed by atoms with Crippen molar-refractivity contribution < 1.29 is 4.79 Å². The van der Waals surface area contributed by atoms with E-state index in [2.05, 4.69) is 37.4 Å². The standard InChI is InChI=1S/C19H27N7O/c1-24-12-7-16(8-13-24)25(14-15-5-9-20-10-6-15)19(27)17-4-2-3-11-26-18(17)21-22-23-26/h5-6,9-10,16-17H,2-4,7-8,11-14H2,1H3/t17-/m0/s1. The minimum Gasteiger partial charge on any atom is -0.335 e. The van der Waals surface area contributed by atoms with Crippen LogP contribution in [0.4, 0.5) is 0 Å². The van der Waals surface area contributed by atoms with Crippen LogP contribution in [0.5, 0.6) is 0 Å². The van der Waals surface area contributed by atoms with Crippen LogP contribution in [0.15, 0.2) is 24.5 Å². The van der Waals surface area contributed by atoms with Crippen LogP contribution in [0, 0.1) is 0 Å². The molecule has 1 atom stereocenters. The zero-order chi connectivity index (χ0) is 18.6. The Labute approximate surface area is 159 Å². The molecule has 1 fully saturated rings. The third-order valence-electron chi connectivity index (χ3n) is 5.80. The second kappa shape index (κ2) is 8.12. The SMILES string of the molecule is CN1CCC(N(Cc2ccncc2)C(=O)[C@H]2CCCCn3nnnc32)CC1. The van der Waals surface area contributed by atoms with Crippen LogP contribution in [0.1, 0.15) is 49.4 Å². The number of fused-ring (bicyclic) bond motifs is 1. The monoisotopic (exact) mass is 369 g/mol. The Morgan fingerprint density at radius 2 is 1.93 bits per heavy atom. The summed E-state index contributed by atoms with van der Waals surface area (Å²) in [6, 6.07) is 4.24. The number of likely N-dealkylation sites (tertiary alicyclic amines) is 1. The highest BCUT2D eigenvalue weighted by molar-refractivity contribution is 5.83. The predicted molar refractivity (Wildman–Crippen MR) is 99.7 cm³/mol. The first-order chi connectivity index (χ1) is 13.2. The Morgan fingerprint density at radius 3 is 2.70 bits per heavy atom. The topological polar surface area (TPSA) is 80.0 Å². The van der Waals surface area contributed by atoms with E-state index >= 15 is 0 Å². The van der Waals surface area contributed by atoms with E-state index < -0.39 is 0 Å². The minimum atomic E-state index is -0.246. The summed E-state index contributed by atoms with van der Waals surface area (Å²) in [5.41, 5.74) is 1.12. The first-order valence-corrected chi connectivity index (χ1v) is 9.86. The fraction of sp³-hybridized carbons (Fsp3) is 0.632. The van der Waals surface area contributed by atoms with E-state index in [1.165, 1.54) is 0 Å². The molecule has 4 rings (SSSR count). The maximum absolute atomic E-state index is 13.7. The molecule has 8 heteroatoms. The van der Waals surface area contributed by atoms with Gasteiger partial charge in [-0.1, -0.05) is 6.42 Å². The summed E-state index contributed by atoms with van der Waals surface area (Å²) in [6.45, 7) is 3.46. The predicted octanol–water partition coefficient (Wildman–Crippen LogP) is 1.46. The molecule has 0 aromatic carbocycles. The third kappa shape index (κ3) is 4.00. The summed E-state index contributed by atoms with van der Waals surface area (Å²) in [5.74, 6) is 0.647. The molecule has 2 aliphatic heterocycles. The Bertz CT molecular complexity index is 754. The minimum absolute atomic E-state index is 0.166. The molecule has 2 aliphatic rings. The Balaban J connectivity index is 1.60. The molecule has 2 aromatic rings. The second-order valence-electron chi connectivity index (χ2n) is 7.66. The first-order valence-electron chi connectivity index (χ1n) is 9.86. The summed E-state index contributed by atoms with van der Waals surface area (Å²) >= 11 is 0. The van der Waals surface area contributed by atoms with Crippen molar-refractivity contribution in [3.8, 4) is 0 Å². The number of aryl methyl sites for hydroxylation is 1. The van der Waals surface area contributed by atoms with Gasteiger partial charge in [-0.3, -0.25) is 9.78 Å². The van der Waals surface area contributed by atoms with Crippen LogP contribution < -0.4 is 0 Å². The lowest BCUT2D eigenvalue weighted by atomic mass is 9.96. The molecule has 2 aromatic heterocycles. The zero-order valence-electron chi connectivity index (χ0n) is 15.9. The van der Waals surface area contributed by atoms with Gasteiger partial charge in [-0.2, -0.15) is 0 Å². The molecule has 0 saturated carbocycles. The molecule has 144 valence electrons. The van der Waals surface area contributed by atoms with Gasteiger partial charge in [0.15, 0.2) is 5.82 Å². The number of amides is 1. The molecule has 0 spiro atoms. The molecular formula is C19H27N7O. The smallest absolute Gasteiger partial charge is 0.233 e. The summed E-state index contributed by atoms with van der Waals surface area (Å²) in [6.07, 6.45) is 8.44. The number of pyridine rings is 1. The Hall–Kier alpha value is -2.35. The highest BCUT2D eigenvalue weighted by Crippen LogP contribution is 2.29. The Kier molecular flexibility index (Phi) is 5.42. The molecule has 4 heterocycles.